The molecule has 2 rings (SSSR count). The third-order valence-electron chi connectivity index (χ3n) is 6.65. The lowest BCUT2D eigenvalue weighted by Gasteiger charge is -2.25. The number of carbonyl (C=O) groups excluding carboxylic acids is 4. The molecule has 14 heteroatoms. The van der Waals surface area contributed by atoms with Gasteiger partial charge in [0.1, 0.15) is 17.4 Å². The van der Waals surface area contributed by atoms with Crippen LogP contribution >= 0.6 is 33.3 Å². The van der Waals surface area contributed by atoms with E-state index in [-0.39, 0.29) is 11.8 Å². The van der Waals surface area contributed by atoms with E-state index in [9.17, 15) is 19.2 Å². The zero-order valence-corrected chi connectivity index (χ0v) is 28.9. The van der Waals surface area contributed by atoms with Gasteiger partial charge in [-0.1, -0.05) is 41.1 Å². The van der Waals surface area contributed by atoms with Gasteiger partial charge in [-0.05, 0) is 57.3 Å². The molecule has 2 amide bonds. The lowest BCUT2D eigenvalue weighted by atomic mass is 9.95. The van der Waals surface area contributed by atoms with Crippen molar-refractivity contribution in [2.45, 2.75) is 63.3 Å². The average molecular weight is 672 g/mol. The molecule has 44 heavy (non-hydrogen) atoms. The number of carbonyl (C=O) groups is 4. The quantitative estimate of drug-likeness (QED) is 0.114. The summed E-state index contributed by atoms with van der Waals surface area (Å²) in [7, 11) is 6.43. The Hall–Kier alpha value is -2.55. The summed E-state index contributed by atoms with van der Waals surface area (Å²) in [5.41, 5.74) is 0.334. The summed E-state index contributed by atoms with van der Waals surface area (Å²) < 4.78 is 20.7. The molecule has 0 saturated carbocycles. The van der Waals surface area contributed by atoms with Crippen molar-refractivity contribution < 1.29 is 38.1 Å². The maximum Gasteiger partial charge on any atom is 0.408 e. The minimum Gasteiger partial charge on any atom is -0.496 e. The van der Waals surface area contributed by atoms with E-state index in [0.29, 0.717) is 37.4 Å². The number of rotatable bonds is 15. The fourth-order valence-corrected chi connectivity index (χ4v) is 6.84. The number of esters is 1. The van der Waals surface area contributed by atoms with Gasteiger partial charge in [-0.2, -0.15) is 11.8 Å². The summed E-state index contributed by atoms with van der Waals surface area (Å²) >= 11 is 1.59. The van der Waals surface area contributed by atoms with E-state index in [1.807, 2.05) is 47.6 Å². The molecule has 246 valence electrons. The third-order valence-corrected chi connectivity index (χ3v) is 9.38. The van der Waals surface area contributed by atoms with Gasteiger partial charge >= 0.3 is 17.4 Å². The van der Waals surface area contributed by atoms with Crippen LogP contribution in [0.2, 0.25) is 0 Å². The summed E-state index contributed by atoms with van der Waals surface area (Å²) in [4.78, 5) is 52.2. The molecule has 0 bridgehead atoms. The second-order valence-electron chi connectivity index (χ2n) is 11.0. The number of alkyl carbamates (subject to hydrolysis) is 1. The SMILES string of the molecule is COC(=O)SSC[C@@H](/C=C/CN1C[C@@H](c2ccccc2OC)C[C@H]1C(=O)N[C@@H](CCSC)C(=O)OC)NC(=O)OC(C)(C)C. The molecule has 1 aromatic carbocycles. The molecule has 1 aromatic rings. The first-order valence-electron chi connectivity index (χ1n) is 14.2. The van der Waals surface area contributed by atoms with E-state index < -0.39 is 41.1 Å². The van der Waals surface area contributed by atoms with Gasteiger partial charge in [0, 0.05) is 35.6 Å². The van der Waals surface area contributed by atoms with Gasteiger partial charge in [-0.3, -0.25) is 9.69 Å². The predicted molar refractivity (Wildman–Crippen MR) is 177 cm³/mol. The molecule has 1 saturated heterocycles. The maximum absolute atomic E-state index is 13.6. The molecular formula is C30H45N3O8S3. The topological polar surface area (TPSA) is 132 Å². The first-order chi connectivity index (χ1) is 20.9. The number of benzene rings is 1. The second kappa shape index (κ2) is 19.1. The van der Waals surface area contributed by atoms with Crippen molar-refractivity contribution in [2.24, 2.45) is 0 Å². The van der Waals surface area contributed by atoms with Crippen molar-refractivity contribution in [3.05, 3.63) is 42.0 Å². The van der Waals surface area contributed by atoms with Crippen LogP contribution in [0.1, 0.15) is 45.1 Å². The number of nitrogens with zero attached hydrogens (tertiary/aromatic N) is 1. The predicted octanol–water partition coefficient (Wildman–Crippen LogP) is 4.86. The molecule has 0 radical (unpaired) electrons. The Morgan fingerprint density at radius 2 is 1.82 bits per heavy atom. The Labute approximate surface area is 272 Å². The number of methoxy groups -OCH3 is 3. The minimum atomic E-state index is -0.741. The van der Waals surface area contributed by atoms with E-state index >= 15 is 0 Å². The van der Waals surface area contributed by atoms with Crippen LogP contribution in [0, 0.1) is 0 Å². The number of ether oxygens (including phenoxy) is 4. The molecule has 1 heterocycles. The van der Waals surface area contributed by atoms with Gasteiger partial charge in [-0.25, -0.2) is 14.4 Å². The molecule has 1 aliphatic rings. The summed E-state index contributed by atoms with van der Waals surface area (Å²) in [6.45, 7) is 6.32. The Bertz CT molecular complexity index is 1130. The van der Waals surface area contributed by atoms with Gasteiger partial charge in [0.15, 0.2) is 0 Å². The van der Waals surface area contributed by atoms with Crippen LogP contribution in [0.4, 0.5) is 9.59 Å². The largest absolute Gasteiger partial charge is 0.496 e. The summed E-state index contributed by atoms with van der Waals surface area (Å²) in [5, 5.41) is 5.32. The van der Waals surface area contributed by atoms with E-state index in [1.165, 1.54) is 25.0 Å². The Morgan fingerprint density at radius 1 is 1.09 bits per heavy atom. The van der Waals surface area contributed by atoms with Crippen molar-refractivity contribution in [2.75, 3.05) is 52.2 Å². The number of nitrogens with one attached hydrogen (secondary N) is 2. The van der Waals surface area contributed by atoms with E-state index in [0.717, 1.165) is 22.1 Å². The van der Waals surface area contributed by atoms with Crippen LogP contribution in [0.25, 0.3) is 0 Å². The zero-order valence-electron chi connectivity index (χ0n) is 26.5. The third kappa shape index (κ3) is 12.8. The molecule has 2 N–H and O–H groups in total. The molecule has 0 aromatic heterocycles. The molecule has 0 unspecified atom stereocenters. The Kier molecular flexibility index (Phi) is 16.3. The lowest BCUT2D eigenvalue weighted by molar-refractivity contribution is -0.145. The van der Waals surface area contributed by atoms with Crippen molar-refractivity contribution in [3.63, 3.8) is 0 Å². The van der Waals surface area contributed by atoms with Crippen molar-refractivity contribution in [1.82, 2.24) is 15.5 Å². The molecule has 0 aliphatic carbocycles. The van der Waals surface area contributed by atoms with Gasteiger partial charge < -0.3 is 29.6 Å². The molecule has 1 fully saturated rings. The highest BCUT2D eigenvalue weighted by Crippen LogP contribution is 2.36. The van der Waals surface area contributed by atoms with Crippen LogP contribution in [-0.2, 0) is 23.8 Å². The monoisotopic (exact) mass is 671 g/mol. The lowest BCUT2D eigenvalue weighted by Crippen LogP contribution is -2.50. The number of amides is 2. The van der Waals surface area contributed by atoms with Gasteiger partial charge in [0.25, 0.3) is 0 Å². The standard InChI is InChI=1S/C30H45N3O8S3/c1-30(2,3)41-28(36)31-21(19-43-44-29(37)40-6)11-10-15-33-18-20(22-12-8-9-13-25(22)38-4)17-24(33)26(34)32-23(14-16-42-7)27(35)39-5/h8-13,20-21,23-24H,14-19H2,1-7H3,(H,31,36)(H,32,34)/b11-10+/t20-,21+,23-,24-/m0/s1. The fourth-order valence-electron chi connectivity index (χ4n) is 4.66. The van der Waals surface area contributed by atoms with Crippen LogP contribution in [0.3, 0.4) is 0 Å². The molecule has 0 spiro atoms. The highest BCUT2D eigenvalue weighted by molar-refractivity contribution is 8.82. The second-order valence-corrected chi connectivity index (χ2v) is 14.3. The summed E-state index contributed by atoms with van der Waals surface area (Å²) in [6.07, 6.45) is 6.07. The van der Waals surface area contributed by atoms with Gasteiger partial charge in [0.05, 0.1) is 33.4 Å². The smallest absolute Gasteiger partial charge is 0.408 e. The van der Waals surface area contributed by atoms with Crippen LogP contribution < -0.4 is 15.4 Å². The number of likely N-dealkylation sites (tertiary alicyclic amines) is 1. The number of thioether (sulfide) groups is 1. The van der Waals surface area contributed by atoms with Crippen molar-refractivity contribution in [3.8, 4) is 5.75 Å². The van der Waals surface area contributed by atoms with Crippen molar-refractivity contribution in [1.29, 1.82) is 0 Å². The van der Waals surface area contributed by atoms with E-state index in [4.69, 9.17) is 14.2 Å². The molecule has 4 atom stereocenters. The minimum absolute atomic E-state index is 0.0146. The molecule has 1 aliphatic heterocycles. The number of hydrogen-bond donors (Lipinski definition) is 2. The normalized spacial score (nSPS) is 18.3. The highest BCUT2D eigenvalue weighted by atomic mass is 33.1. The molecule has 11 nitrogen and oxygen atoms in total. The first kappa shape index (κ1) is 37.6. The van der Waals surface area contributed by atoms with E-state index in [2.05, 4.69) is 15.4 Å². The Balaban J connectivity index is 2.26. The van der Waals surface area contributed by atoms with E-state index in [1.54, 1.807) is 39.6 Å². The summed E-state index contributed by atoms with van der Waals surface area (Å²) in [6, 6.07) is 6.05. The molecular weight excluding hydrogens is 627 g/mol. The van der Waals surface area contributed by atoms with Gasteiger partial charge in [-0.15, -0.1) is 0 Å². The zero-order chi connectivity index (χ0) is 32.7. The number of para-hydroxylation sites is 1. The van der Waals surface area contributed by atoms with Crippen molar-refractivity contribution >= 4 is 56.6 Å². The van der Waals surface area contributed by atoms with Crippen LogP contribution in [0.5, 0.6) is 5.75 Å². The maximum atomic E-state index is 13.6. The first-order valence-corrected chi connectivity index (χ1v) is 17.9. The Morgan fingerprint density at radius 3 is 2.45 bits per heavy atom. The average Bonchev–Trinajstić information content (AvgIpc) is 3.41. The highest BCUT2D eigenvalue weighted by Gasteiger charge is 2.39. The fraction of sp³-hybridized carbons (Fsp3) is 0.600. The summed E-state index contributed by atoms with van der Waals surface area (Å²) in [5.74, 6) is 1.11. The van der Waals surface area contributed by atoms with Crippen LogP contribution in [0.15, 0.2) is 36.4 Å². The number of hydrogen-bond acceptors (Lipinski definition) is 12. The van der Waals surface area contributed by atoms with Gasteiger partial charge in [0.2, 0.25) is 5.91 Å². The van der Waals surface area contributed by atoms with Crippen LogP contribution in [-0.4, -0.2) is 104 Å².